The number of carbonyl (C=O) groups is 1. The van der Waals surface area contributed by atoms with E-state index in [4.69, 9.17) is 0 Å². The van der Waals surface area contributed by atoms with Gasteiger partial charge in [0.2, 0.25) is 10.0 Å². The number of rotatable bonds is 5. The van der Waals surface area contributed by atoms with Crippen molar-refractivity contribution >= 4 is 15.8 Å². The minimum absolute atomic E-state index is 0.0437. The van der Waals surface area contributed by atoms with Crippen LogP contribution in [0, 0.1) is 0 Å². The van der Waals surface area contributed by atoms with Gasteiger partial charge in [0.1, 0.15) is 0 Å². The third-order valence-corrected chi connectivity index (χ3v) is 4.27. The fourth-order valence-electron chi connectivity index (χ4n) is 1.76. The highest BCUT2D eigenvalue weighted by Crippen LogP contribution is 2.10. The lowest BCUT2D eigenvalue weighted by Gasteiger charge is -2.07. The quantitative estimate of drug-likeness (QED) is 0.859. The highest BCUT2D eigenvalue weighted by atomic mass is 32.2. The molecule has 0 aliphatic carbocycles. The van der Waals surface area contributed by atoms with Crippen LogP contribution in [-0.4, -0.2) is 14.2 Å². The van der Waals surface area contributed by atoms with Crippen molar-refractivity contribution in [2.45, 2.75) is 18.4 Å². The van der Waals surface area contributed by atoms with Gasteiger partial charge >= 0.3 is 0 Å². The van der Waals surface area contributed by atoms with Crippen molar-refractivity contribution in [3.05, 3.63) is 65.7 Å². The van der Waals surface area contributed by atoms with Crippen LogP contribution in [-0.2, 0) is 16.6 Å². The summed E-state index contributed by atoms with van der Waals surface area (Å²) in [6.45, 7) is 1.63. The van der Waals surface area contributed by atoms with Crippen LogP contribution in [0.5, 0.6) is 0 Å². The Bertz CT molecular complexity index is 709. The molecule has 4 nitrogen and oxygen atoms in total. The van der Waals surface area contributed by atoms with E-state index in [0.29, 0.717) is 5.56 Å². The minimum atomic E-state index is -3.53. The molecule has 0 aromatic heterocycles. The van der Waals surface area contributed by atoms with Gasteiger partial charge in [-0.3, -0.25) is 4.79 Å². The van der Waals surface area contributed by atoms with Crippen LogP contribution < -0.4 is 4.72 Å². The van der Waals surface area contributed by atoms with Crippen LogP contribution >= 0.6 is 0 Å². The maximum absolute atomic E-state index is 12.0. The number of hydrogen-bond acceptors (Lipinski definition) is 3. The highest BCUT2D eigenvalue weighted by Gasteiger charge is 2.12. The Kier molecular flexibility index (Phi) is 4.32. The van der Waals surface area contributed by atoms with Gasteiger partial charge in [-0.2, -0.15) is 0 Å². The maximum atomic E-state index is 12.0. The summed E-state index contributed by atoms with van der Waals surface area (Å²) >= 11 is 0. The molecular formula is C15H15NO3S. The molecule has 2 aromatic rings. The summed E-state index contributed by atoms with van der Waals surface area (Å²) in [6, 6.07) is 15.1. The molecule has 0 aliphatic heterocycles. The second-order valence-electron chi connectivity index (χ2n) is 4.39. The Hall–Kier alpha value is -1.98. The van der Waals surface area contributed by atoms with Gasteiger partial charge in [-0.25, -0.2) is 13.1 Å². The van der Waals surface area contributed by atoms with Gasteiger partial charge in [-0.05, 0) is 30.7 Å². The SMILES string of the molecule is CC(=O)c1cccc(CNS(=O)(=O)c2ccccc2)c1. The number of carbonyl (C=O) groups excluding carboxylic acids is 1. The van der Waals surface area contributed by atoms with E-state index >= 15 is 0 Å². The first-order chi connectivity index (χ1) is 9.49. The second-order valence-corrected chi connectivity index (χ2v) is 6.16. The molecule has 0 bridgehead atoms. The molecule has 0 fully saturated rings. The second kappa shape index (κ2) is 5.98. The Balaban J connectivity index is 2.13. The van der Waals surface area contributed by atoms with Crippen molar-refractivity contribution in [3.8, 4) is 0 Å². The van der Waals surface area contributed by atoms with Gasteiger partial charge < -0.3 is 0 Å². The Morgan fingerprint density at radius 2 is 1.75 bits per heavy atom. The van der Waals surface area contributed by atoms with Crippen LogP contribution in [0.2, 0.25) is 0 Å². The van der Waals surface area contributed by atoms with Gasteiger partial charge in [-0.1, -0.05) is 36.4 Å². The van der Waals surface area contributed by atoms with E-state index in [-0.39, 0.29) is 17.2 Å². The molecule has 0 atom stereocenters. The number of hydrogen-bond donors (Lipinski definition) is 1. The van der Waals surface area contributed by atoms with E-state index in [0.717, 1.165) is 5.56 Å². The number of sulfonamides is 1. The molecule has 0 radical (unpaired) electrons. The van der Waals surface area contributed by atoms with Crippen molar-refractivity contribution in [3.63, 3.8) is 0 Å². The maximum Gasteiger partial charge on any atom is 0.240 e. The number of nitrogens with one attached hydrogen (secondary N) is 1. The molecule has 1 N–H and O–H groups in total. The summed E-state index contributed by atoms with van der Waals surface area (Å²) in [7, 11) is -3.53. The lowest BCUT2D eigenvalue weighted by atomic mass is 10.1. The first-order valence-corrected chi connectivity index (χ1v) is 7.62. The Morgan fingerprint density at radius 1 is 1.05 bits per heavy atom. The van der Waals surface area contributed by atoms with Gasteiger partial charge in [0.05, 0.1) is 4.90 Å². The number of ketones is 1. The third-order valence-electron chi connectivity index (χ3n) is 2.85. The smallest absolute Gasteiger partial charge is 0.240 e. The summed E-state index contributed by atoms with van der Waals surface area (Å²) in [4.78, 5) is 11.5. The van der Waals surface area contributed by atoms with Crippen LogP contribution in [0.15, 0.2) is 59.5 Å². The third kappa shape index (κ3) is 3.53. The Morgan fingerprint density at radius 3 is 2.40 bits per heavy atom. The van der Waals surface area contributed by atoms with Crippen molar-refractivity contribution < 1.29 is 13.2 Å². The summed E-state index contributed by atoms with van der Waals surface area (Å²) in [5.74, 6) is -0.0437. The van der Waals surface area contributed by atoms with Crippen molar-refractivity contribution in [2.75, 3.05) is 0 Å². The van der Waals surface area contributed by atoms with Gasteiger partial charge in [-0.15, -0.1) is 0 Å². The van der Waals surface area contributed by atoms with E-state index in [1.807, 2.05) is 0 Å². The zero-order valence-electron chi connectivity index (χ0n) is 11.0. The zero-order chi connectivity index (χ0) is 14.6. The van der Waals surface area contributed by atoms with Crippen LogP contribution in [0.25, 0.3) is 0 Å². The molecule has 0 saturated heterocycles. The van der Waals surface area contributed by atoms with E-state index in [1.165, 1.54) is 19.1 Å². The van der Waals surface area contributed by atoms with Crippen molar-refractivity contribution in [1.82, 2.24) is 4.72 Å². The number of benzene rings is 2. The molecule has 0 spiro atoms. The lowest BCUT2D eigenvalue weighted by Crippen LogP contribution is -2.23. The summed E-state index contributed by atoms with van der Waals surface area (Å²) in [5.41, 5.74) is 1.32. The molecule has 2 rings (SSSR count). The fourth-order valence-corrected chi connectivity index (χ4v) is 2.80. The van der Waals surface area contributed by atoms with Crippen LogP contribution in [0.3, 0.4) is 0 Å². The van der Waals surface area contributed by atoms with E-state index in [2.05, 4.69) is 4.72 Å². The van der Waals surface area contributed by atoms with Crippen molar-refractivity contribution in [1.29, 1.82) is 0 Å². The molecule has 5 heteroatoms. The van der Waals surface area contributed by atoms with E-state index in [9.17, 15) is 13.2 Å². The summed E-state index contributed by atoms with van der Waals surface area (Å²) in [6.07, 6.45) is 0. The van der Waals surface area contributed by atoms with Gasteiger partial charge in [0, 0.05) is 12.1 Å². The molecule has 20 heavy (non-hydrogen) atoms. The zero-order valence-corrected chi connectivity index (χ0v) is 11.9. The van der Waals surface area contributed by atoms with Crippen LogP contribution in [0.4, 0.5) is 0 Å². The predicted molar refractivity (Wildman–Crippen MR) is 76.9 cm³/mol. The summed E-state index contributed by atoms with van der Waals surface area (Å²) in [5, 5.41) is 0. The van der Waals surface area contributed by atoms with Gasteiger partial charge in [0.15, 0.2) is 5.78 Å². The first-order valence-electron chi connectivity index (χ1n) is 6.13. The first kappa shape index (κ1) is 14.4. The molecule has 0 amide bonds. The monoisotopic (exact) mass is 289 g/mol. The average molecular weight is 289 g/mol. The predicted octanol–water partition coefficient (Wildman–Crippen LogP) is 2.37. The summed E-state index contributed by atoms with van der Waals surface area (Å²) < 4.78 is 26.6. The molecule has 0 saturated carbocycles. The molecule has 2 aromatic carbocycles. The highest BCUT2D eigenvalue weighted by molar-refractivity contribution is 7.89. The molecule has 0 unspecified atom stereocenters. The molecule has 104 valence electrons. The van der Waals surface area contributed by atoms with Gasteiger partial charge in [0.25, 0.3) is 0 Å². The average Bonchev–Trinajstić information content (AvgIpc) is 2.46. The minimum Gasteiger partial charge on any atom is -0.295 e. The normalized spacial score (nSPS) is 11.2. The topological polar surface area (TPSA) is 63.2 Å². The molecule has 0 aliphatic rings. The van der Waals surface area contributed by atoms with E-state index < -0.39 is 10.0 Å². The number of Topliss-reactive ketones (excluding diaryl/α,β-unsaturated/α-hetero) is 1. The Labute approximate surface area is 118 Å². The van der Waals surface area contributed by atoms with E-state index in [1.54, 1.807) is 42.5 Å². The molecule has 0 heterocycles. The standard InChI is InChI=1S/C15H15NO3S/c1-12(17)14-7-5-6-13(10-14)11-16-20(18,19)15-8-3-2-4-9-15/h2-10,16H,11H2,1H3. The largest absolute Gasteiger partial charge is 0.295 e. The molecular weight excluding hydrogens is 274 g/mol. The van der Waals surface area contributed by atoms with Crippen molar-refractivity contribution in [2.24, 2.45) is 0 Å². The fraction of sp³-hybridized carbons (Fsp3) is 0.133. The lowest BCUT2D eigenvalue weighted by molar-refractivity contribution is 0.101. The van der Waals surface area contributed by atoms with Crippen LogP contribution in [0.1, 0.15) is 22.8 Å².